The Morgan fingerprint density at radius 2 is 1.75 bits per heavy atom. The molecule has 1 aromatic carbocycles. The maximum absolute atomic E-state index is 12.2. The van der Waals surface area contributed by atoms with Gasteiger partial charge in [0, 0.05) is 5.69 Å². The van der Waals surface area contributed by atoms with Crippen molar-refractivity contribution in [2.45, 2.75) is 6.61 Å². The standard InChI is InChI=1S/C15H15F2NO6/c1-21-13(19)11-7-23-8-18(12(11)14(20)22-2)9-3-5-10(6-4-9)24-15(16)17/h3-6,15H,7-8H2,1-2H3. The first-order valence-electron chi connectivity index (χ1n) is 6.77. The topological polar surface area (TPSA) is 74.3 Å². The summed E-state index contributed by atoms with van der Waals surface area (Å²) in [4.78, 5) is 25.3. The molecular weight excluding hydrogens is 328 g/mol. The maximum Gasteiger partial charge on any atom is 0.387 e. The van der Waals surface area contributed by atoms with Crippen LogP contribution in [0.15, 0.2) is 35.5 Å². The highest BCUT2D eigenvalue weighted by Crippen LogP contribution is 2.28. The molecule has 0 saturated heterocycles. The van der Waals surface area contributed by atoms with Gasteiger partial charge < -0.3 is 23.8 Å². The monoisotopic (exact) mass is 343 g/mol. The van der Waals surface area contributed by atoms with Crippen LogP contribution in [0.25, 0.3) is 0 Å². The normalized spacial score (nSPS) is 14.6. The van der Waals surface area contributed by atoms with Crippen LogP contribution in [-0.4, -0.2) is 46.1 Å². The third kappa shape index (κ3) is 3.80. The zero-order chi connectivity index (χ0) is 17.7. The molecule has 2 rings (SSSR count). The van der Waals surface area contributed by atoms with Crippen LogP contribution in [0.1, 0.15) is 0 Å². The fourth-order valence-corrected chi connectivity index (χ4v) is 2.15. The van der Waals surface area contributed by atoms with Crippen LogP contribution in [0, 0.1) is 0 Å². The van der Waals surface area contributed by atoms with Gasteiger partial charge in [-0.15, -0.1) is 0 Å². The van der Waals surface area contributed by atoms with E-state index in [0.29, 0.717) is 5.69 Å². The average molecular weight is 343 g/mol. The third-order valence-corrected chi connectivity index (χ3v) is 3.21. The van der Waals surface area contributed by atoms with Gasteiger partial charge in [0.2, 0.25) is 0 Å². The van der Waals surface area contributed by atoms with Crippen LogP contribution in [-0.2, 0) is 23.8 Å². The predicted octanol–water partition coefficient (Wildman–Crippen LogP) is 1.68. The van der Waals surface area contributed by atoms with Crippen LogP contribution < -0.4 is 9.64 Å². The molecule has 0 fully saturated rings. The van der Waals surface area contributed by atoms with Crippen molar-refractivity contribution in [2.24, 2.45) is 0 Å². The summed E-state index contributed by atoms with van der Waals surface area (Å²) in [6.07, 6.45) is 0. The zero-order valence-corrected chi connectivity index (χ0v) is 13.0. The molecule has 7 nitrogen and oxygen atoms in total. The van der Waals surface area contributed by atoms with Crippen LogP contribution in [0.4, 0.5) is 14.5 Å². The van der Waals surface area contributed by atoms with E-state index in [9.17, 15) is 18.4 Å². The first-order valence-corrected chi connectivity index (χ1v) is 6.77. The van der Waals surface area contributed by atoms with E-state index >= 15 is 0 Å². The predicted molar refractivity (Wildman–Crippen MR) is 77.4 cm³/mol. The highest BCUT2D eigenvalue weighted by atomic mass is 19.3. The number of benzene rings is 1. The minimum atomic E-state index is -2.94. The summed E-state index contributed by atoms with van der Waals surface area (Å²) in [5.74, 6) is -1.51. The lowest BCUT2D eigenvalue weighted by Crippen LogP contribution is -2.38. The van der Waals surface area contributed by atoms with Crippen molar-refractivity contribution in [2.75, 3.05) is 32.5 Å². The molecule has 0 aliphatic carbocycles. The molecule has 0 aromatic heterocycles. The number of carbonyl (C=O) groups is 2. The van der Waals surface area contributed by atoms with Gasteiger partial charge in [-0.2, -0.15) is 8.78 Å². The fourth-order valence-electron chi connectivity index (χ4n) is 2.15. The Morgan fingerprint density at radius 1 is 1.12 bits per heavy atom. The van der Waals surface area contributed by atoms with Gasteiger partial charge in [0.1, 0.15) is 18.2 Å². The van der Waals surface area contributed by atoms with Gasteiger partial charge in [-0.05, 0) is 24.3 Å². The number of methoxy groups -OCH3 is 2. The van der Waals surface area contributed by atoms with E-state index in [4.69, 9.17) is 9.47 Å². The second-order valence-corrected chi connectivity index (χ2v) is 4.59. The van der Waals surface area contributed by atoms with Crippen LogP contribution in [0.3, 0.4) is 0 Å². The first-order chi connectivity index (χ1) is 11.5. The van der Waals surface area contributed by atoms with Gasteiger partial charge in [0.25, 0.3) is 0 Å². The Bertz CT molecular complexity index is 644. The van der Waals surface area contributed by atoms with Crippen LogP contribution >= 0.6 is 0 Å². The van der Waals surface area contributed by atoms with Crippen LogP contribution in [0.2, 0.25) is 0 Å². The molecule has 1 aliphatic heterocycles. The van der Waals surface area contributed by atoms with Crippen molar-refractivity contribution in [3.63, 3.8) is 0 Å². The Balaban J connectivity index is 2.39. The molecule has 0 saturated carbocycles. The quantitative estimate of drug-likeness (QED) is 0.753. The number of nitrogens with zero attached hydrogens (tertiary/aromatic N) is 1. The van der Waals surface area contributed by atoms with Gasteiger partial charge in [0.05, 0.1) is 26.4 Å². The lowest BCUT2D eigenvalue weighted by atomic mass is 10.1. The van der Waals surface area contributed by atoms with Crippen LogP contribution in [0.5, 0.6) is 5.75 Å². The summed E-state index contributed by atoms with van der Waals surface area (Å²) < 4.78 is 43.3. The fraction of sp³-hybridized carbons (Fsp3) is 0.333. The largest absolute Gasteiger partial charge is 0.466 e. The van der Waals surface area contributed by atoms with Crippen molar-refractivity contribution in [1.82, 2.24) is 0 Å². The summed E-state index contributed by atoms with van der Waals surface area (Å²) in [5, 5.41) is 0. The number of alkyl halides is 2. The Kier molecular flexibility index (Phi) is 5.69. The van der Waals surface area contributed by atoms with E-state index in [0.717, 1.165) is 0 Å². The van der Waals surface area contributed by atoms with E-state index in [1.807, 2.05) is 0 Å². The van der Waals surface area contributed by atoms with E-state index in [1.54, 1.807) is 0 Å². The molecule has 0 atom stereocenters. The second kappa shape index (κ2) is 7.73. The van der Waals surface area contributed by atoms with Gasteiger partial charge in [-0.3, -0.25) is 0 Å². The molecule has 0 bridgehead atoms. The molecule has 9 heteroatoms. The van der Waals surface area contributed by atoms with Crippen molar-refractivity contribution < 1.29 is 37.3 Å². The van der Waals surface area contributed by atoms with E-state index in [1.165, 1.54) is 43.4 Å². The number of halogens is 2. The maximum atomic E-state index is 12.2. The summed E-state index contributed by atoms with van der Waals surface area (Å²) in [7, 11) is 2.36. The highest BCUT2D eigenvalue weighted by molar-refractivity contribution is 6.03. The van der Waals surface area contributed by atoms with Crippen molar-refractivity contribution in [3.8, 4) is 5.75 Å². The molecular formula is C15H15F2NO6. The van der Waals surface area contributed by atoms with Gasteiger partial charge in [0.15, 0.2) is 0 Å². The molecule has 1 aliphatic rings. The van der Waals surface area contributed by atoms with Gasteiger partial charge in [-0.25, -0.2) is 9.59 Å². The van der Waals surface area contributed by atoms with E-state index in [2.05, 4.69) is 9.47 Å². The summed E-state index contributed by atoms with van der Waals surface area (Å²) in [5.41, 5.74) is 0.403. The Hall–Kier alpha value is -2.68. The number of esters is 2. The number of hydrogen-bond donors (Lipinski definition) is 0. The molecule has 1 aromatic rings. The number of anilines is 1. The lowest BCUT2D eigenvalue weighted by Gasteiger charge is -2.31. The average Bonchev–Trinajstić information content (AvgIpc) is 2.60. The Labute approximate surface area is 136 Å². The molecule has 1 heterocycles. The zero-order valence-electron chi connectivity index (χ0n) is 13.0. The molecule has 0 amide bonds. The second-order valence-electron chi connectivity index (χ2n) is 4.59. The van der Waals surface area contributed by atoms with Gasteiger partial charge >= 0.3 is 18.6 Å². The van der Waals surface area contributed by atoms with Crippen molar-refractivity contribution in [1.29, 1.82) is 0 Å². The number of ether oxygens (including phenoxy) is 4. The number of carbonyl (C=O) groups excluding carboxylic acids is 2. The highest BCUT2D eigenvalue weighted by Gasteiger charge is 2.32. The number of rotatable bonds is 5. The summed E-state index contributed by atoms with van der Waals surface area (Å²) in [6, 6.07) is 5.51. The molecule has 0 spiro atoms. The SMILES string of the molecule is COC(=O)C1=C(C(=O)OC)N(c2ccc(OC(F)F)cc2)COC1. The van der Waals surface area contributed by atoms with E-state index in [-0.39, 0.29) is 30.4 Å². The molecule has 0 radical (unpaired) electrons. The summed E-state index contributed by atoms with van der Waals surface area (Å²) in [6.45, 7) is -3.08. The summed E-state index contributed by atoms with van der Waals surface area (Å²) >= 11 is 0. The van der Waals surface area contributed by atoms with E-state index < -0.39 is 18.6 Å². The smallest absolute Gasteiger partial charge is 0.387 e. The van der Waals surface area contributed by atoms with Crippen molar-refractivity contribution in [3.05, 3.63) is 35.5 Å². The minimum Gasteiger partial charge on any atom is -0.466 e. The first kappa shape index (κ1) is 17.7. The molecule has 130 valence electrons. The molecule has 0 unspecified atom stereocenters. The molecule has 24 heavy (non-hydrogen) atoms. The minimum absolute atomic E-state index is 0.00325. The third-order valence-electron chi connectivity index (χ3n) is 3.21. The van der Waals surface area contributed by atoms with Gasteiger partial charge in [-0.1, -0.05) is 0 Å². The lowest BCUT2D eigenvalue weighted by molar-refractivity contribution is -0.140. The van der Waals surface area contributed by atoms with Crippen molar-refractivity contribution >= 4 is 17.6 Å². The number of hydrogen-bond acceptors (Lipinski definition) is 7. The molecule has 0 N–H and O–H groups in total. The Morgan fingerprint density at radius 3 is 2.29 bits per heavy atom.